The van der Waals surface area contributed by atoms with Crippen LogP contribution in [0.5, 0.6) is 0 Å². The van der Waals surface area contributed by atoms with Crippen LogP contribution in [0, 0.1) is 0 Å². The number of aryl methyl sites for hydroxylation is 1. The van der Waals surface area contributed by atoms with Crippen LogP contribution in [0.25, 0.3) is 0 Å². The van der Waals surface area contributed by atoms with Gasteiger partial charge in [-0.2, -0.15) is 5.10 Å². The number of amides is 3. The molecule has 1 fully saturated rings. The first-order valence-electron chi connectivity index (χ1n) is 7.97. The zero-order chi connectivity index (χ0) is 16.9. The second-order valence-corrected chi connectivity index (χ2v) is 6.76. The third-order valence-electron chi connectivity index (χ3n) is 4.21. The third-order valence-corrected chi connectivity index (χ3v) is 5.07. The fraction of sp³-hybridized carbons (Fsp3) is 0.438. The number of carbonyl (C=O) groups excluding carboxylic acids is 2. The number of urea groups is 1. The van der Waals surface area contributed by atoms with Gasteiger partial charge in [0.25, 0.3) is 5.91 Å². The van der Waals surface area contributed by atoms with Crippen molar-refractivity contribution < 1.29 is 9.59 Å². The maximum absolute atomic E-state index is 12.2. The number of hydrogen-bond donors (Lipinski definition) is 2. The number of nitrogens with one attached hydrogen (secondary N) is 2. The Morgan fingerprint density at radius 2 is 2.12 bits per heavy atom. The molecule has 7 nitrogen and oxygen atoms in total. The molecule has 0 aromatic carbocycles. The fourth-order valence-corrected chi connectivity index (χ4v) is 3.37. The lowest BCUT2D eigenvalue weighted by Gasteiger charge is -2.32. The number of piperidine rings is 1. The lowest BCUT2D eigenvalue weighted by molar-refractivity contribution is 0.0922. The second kappa shape index (κ2) is 7.48. The van der Waals surface area contributed by atoms with Crippen molar-refractivity contribution in [2.45, 2.75) is 25.4 Å². The van der Waals surface area contributed by atoms with Gasteiger partial charge in [0.05, 0.1) is 17.1 Å². The first kappa shape index (κ1) is 16.5. The predicted octanol–water partition coefficient (Wildman–Crippen LogP) is 1.59. The highest BCUT2D eigenvalue weighted by molar-refractivity contribution is 7.12. The number of aromatic nitrogens is 2. The molecule has 2 aromatic rings. The first-order valence-corrected chi connectivity index (χ1v) is 8.85. The number of nitrogens with zero attached hydrogens (tertiary/aromatic N) is 3. The summed E-state index contributed by atoms with van der Waals surface area (Å²) in [6, 6.07) is 5.63. The van der Waals surface area contributed by atoms with Crippen molar-refractivity contribution in [3.8, 4) is 0 Å². The predicted molar refractivity (Wildman–Crippen MR) is 91.8 cm³/mol. The van der Waals surface area contributed by atoms with E-state index in [2.05, 4.69) is 15.7 Å². The van der Waals surface area contributed by atoms with E-state index in [1.165, 1.54) is 11.3 Å². The topological polar surface area (TPSA) is 79.3 Å². The molecule has 1 aliphatic rings. The van der Waals surface area contributed by atoms with E-state index in [-0.39, 0.29) is 18.0 Å². The Morgan fingerprint density at radius 1 is 1.33 bits per heavy atom. The van der Waals surface area contributed by atoms with Gasteiger partial charge in [-0.25, -0.2) is 4.79 Å². The van der Waals surface area contributed by atoms with Gasteiger partial charge in [0.15, 0.2) is 0 Å². The van der Waals surface area contributed by atoms with Crippen molar-refractivity contribution in [1.29, 1.82) is 0 Å². The Balaban J connectivity index is 1.42. The molecule has 1 aliphatic heterocycles. The Kier molecular flexibility index (Phi) is 5.14. The van der Waals surface area contributed by atoms with Crippen LogP contribution < -0.4 is 10.6 Å². The minimum Gasteiger partial charge on any atom is -0.348 e. The quantitative estimate of drug-likeness (QED) is 0.881. The summed E-state index contributed by atoms with van der Waals surface area (Å²) in [5.74, 6) is -0.0240. The van der Waals surface area contributed by atoms with Crippen LogP contribution in [-0.4, -0.2) is 45.8 Å². The van der Waals surface area contributed by atoms with Crippen molar-refractivity contribution in [2.24, 2.45) is 7.05 Å². The van der Waals surface area contributed by atoms with Crippen LogP contribution in [0.4, 0.5) is 4.79 Å². The molecule has 3 amide bonds. The minimum absolute atomic E-state index is 0.0240. The van der Waals surface area contributed by atoms with Crippen LogP contribution in [0.15, 0.2) is 29.8 Å². The van der Waals surface area contributed by atoms with Gasteiger partial charge in [0, 0.05) is 32.4 Å². The summed E-state index contributed by atoms with van der Waals surface area (Å²) >= 11 is 1.44. The molecule has 2 aromatic heterocycles. The van der Waals surface area contributed by atoms with Crippen molar-refractivity contribution in [3.05, 3.63) is 40.3 Å². The van der Waals surface area contributed by atoms with Gasteiger partial charge >= 0.3 is 6.03 Å². The van der Waals surface area contributed by atoms with Crippen LogP contribution in [0.1, 0.15) is 28.2 Å². The molecule has 3 rings (SSSR count). The molecule has 2 N–H and O–H groups in total. The molecule has 0 saturated carbocycles. The van der Waals surface area contributed by atoms with E-state index in [1.54, 1.807) is 15.8 Å². The number of likely N-dealkylation sites (tertiary alicyclic amines) is 1. The molecule has 0 unspecified atom stereocenters. The van der Waals surface area contributed by atoms with Crippen molar-refractivity contribution in [2.75, 3.05) is 13.1 Å². The molecule has 128 valence electrons. The molecule has 8 heteroatoms. The van der Waals surface area contributed by atoms with E-state index >= 15 is 0 Å². The maximum Gasteiger partial charge on any atom is 0.317 e. The fourth-order valence-electron chi connectivity index (χ4n) is 2.74. The Morgan fingerprint density at radius 3 is 2.75 bits per heavy atom. The lowest BCUT2D eigenvalue weighted by Crippen LogP contribution is -2.49. The zero-order valence-corrected chi connectivity index (χ0v) is 14.4. The smallest absolute Gasteiger partial charge is 0.317 e. The van der Waals surface area contributed by atoms with Crippen molar-refractivity contribution in [3.63, 3.8) is 0 Å². The van der Waals surface area contributed by atoms with Crippen molar-refractivity contribution in [1.82, 2.24) is 25.3 Å². The third kappa shape index (κ3) is 3.94. The summed E-state index contributed by atoms with van der Waals surface area (Å²) in [6.45, 7) is 1.75. The van der Waals surface area contributed by atoms with Gasteiger partial charge in [-0.05, 0) is 30.4 Å². The molecule has 3 heterocycles. The van der Waals surface area contributed by atoms with Crippen molar-refractivity contribution >= 4 is 23.3 Å². The lowest BCUT2D eigenvalue weighted by atomic mass is 10.1. The van der Waals surface area contributed by atoms with Gasteiger partial charge in [-0.15, -0.1) is 11.3 Å². The highest BCUT2D eigenvalue weighted by Gasteiger charge is 2.24. The average Bonchev–Trinajstić information content (AvgIpc) is 3.25. The van der Waals surface area contributed by atoms with Gasteiger partial charge in [-0.3, -0.25) is 9.48 Å². The summed E-state index contributed by atoms with van der Waals surface area (Å²) < 4.78 is 1.74. The van der Waals surface area contributed by atoms with Crippen LogP contribution in [-0.2, 0) is 13.6 Å². The number of thiophene rings is 1. The standard InChI is InChI=1S/C16H21N5O2S/c1-20-13(4-7-18-20)11-17-16(23)21-8-5-12(6-9-21)19-15(22)14-3-2-10-24-14/h2-4,7,10,12H,5-6,8-9,11H2,1H3,(H,17,23)(H,19,22). The highest BCUT2D eigenvalue weighted by atomic mass is 32.1. The minimum atomic E-state index is -0.0702. The van der Waals surface area contributed by atoms with E-state index in [0.29, 0.717) is 19.6 Å². The summed E-state index contributed by atoms with van der Waals surface area (Å²) in [4.78, 5) is 26.8. The molecule has 0 radical (unpaired) electrons. The molecule has 0 bridgehead atoms. The second-order valence-electron chi connectivity index (χ2n) is 5.82. The summed E-state index contributed by atoms with van der Waals surface area (Å²) in [7, 11) is 1.85. The molecular weight excluding hydrogens is 326 g/mol. The zero-order valence-electron chi connectivity index (χ0n) is 13.6. The summed E-state index contributed by atoms with van der Waals surface area (Å²) in [5, 5.41) is 11.9. The highest BCUT2D eigenvalue weighted by Crippen LogP contribution is 2.13. The number of rotatable bonds is 4. The average molecular weight is 347 g/mol. The largest absolute Gasteiger partial charge is 0.348 e. The number of carbonyl (C=O) groups is 2. The molecule has 0 aliphatic carbocycles. The van der Waals surface area contributed by atoms with Crippen LogP contribution in [0.2, 0.25) is 0 Å². The molecule has 1 saturated heterocycles. The van der Waals surface area contributed by atoms with E-state index < -0.39 is 0 Å². The van der Waals surface area contributed by atoms with Crippen LogP contribution in [0.3, 0.4) is 0 Å². The van der Waals surface area contributed by atoms with E-state index in [4.69, 9.17) is 0 Å². The normalized spacial score (nSPS) is 15.3. The Labute approximate surface area is 144 Å². The first-order chi connectivity index (χ1) is 11.6. The molecule has 0 atom stereocenters. The summed E-state index contributed by atoms with van der Waals surface area (Å²) in [5.41, 5.74) is 0.960. The summed E-state index contributed by atoms with van der Waals surface area (Å²) in [6.07, 6.45) is 3.26. The maximum atomic E-state index is 12.2. The van der Waals surface area contributed by atoms with E-state index in [1.807, 2.05) is 30.6 Å². The van der Waals surface area contributed by atoms with Gasteiger partial charge in [0.1, 0.15) is 0 Å². The Bertz CT molecular complexity index is 689. The van der Waals surface area contributed by atoms with Gasteiger partial charge in [0.2, 0.25) is 0 Å². The van der Waals surface area contributed by atoms with Crippen LogP contribution >= 0.6 is 11.3 Å². The van der Waals surface area contributed by atoms with Gasteiger partial charge in [-0.1, -0.05) is 6.07 Å². The van der Waals surface area contributed by atoms with E-state index in [0.717, 1.165) is 23.4 Å². The van der Waals surface area contributed by atoms with Gasteiger partial charge < -0.3 is 15.5 Å². The molecule has 0 spiro atoms. The number of hydrogen-bond acceptors (Lipinski definition) is 4. The molecule has 24 heavy (non-hydrogen) atoms. The SMILES string of the molecule is Cn1nccc1CNC(=O)N1CCC(NC(=O)c2cccs2)CC1. The Hall–Kier alpha value is -2.35. The monoisotopic (exact) mass is 347 g/mol. The molecular formula is C16H21N5O2S. The van der Waals surface area contributed by atoms with E-state index in [9.17, 15) is 9.59 Å².